The predicted octanol–water partition coefficient (Wildman–Crippen LogP) is 3.20. The third-order valence-corrected chi connectivity index (χ3v) is 3.34. The van der Waals surface area contributed by atoms with E-state index in [9.17, 15) is 5.26 Å². The fourth-order valence-corrected chi connectivity index (χ4v) is 2.40. The highest BCUT2D eigenvalue weighted by Gasteiger charge is 2.08. The molecule has 92 valence electrons. The van der Waals surface area contributed by atoms with Crippen LogP contribution in [0.2, 0.25) is 0 Å². The lowest BCUT2D eigenvalue weighted by molar-refractivity contribution is 1.37. The molecule has 0 atom stereocenters. The van der Waals surface area contributed by atoms with E-state index in [2.05, 4.69) is 21.0 Å². The van der Waals surface area contributed by atoms with Gasteiger partial charge in [-0.15, -0.1) is 0 Å². The largest absolute Gasteiger partial charge is 0.256 e. The van der Waals surface area contributed by atoms with E-state index in [1.54, 1.807) is 12.3 Å². The van der Waals surface area contributed by atoms with Crippen LogP contribution in [0.1, 0.15) is 5.56 Å². The van der Waals surface area contributed by atoms with Crippen molar-refractivity contribution in [2.75, 3.05) is 0 Å². The average Bonchev–Trinajstić information content (AvgIpc) is 2.52. The summed E-state index contributed by atoms with van der Waals surface area (Å²) in [6.45, 7) is 0. The van der Waals surface area contributed by atoms with Gasteiger partial charge >= 0.3 is 0 Å². The van der Waals surface area contributed by atoms with Gasteiger partial charge < -0.3 is 0 Å². The number of fused-ring (bicyclic) bond motifs is 4. The Morgan fingerprint density at radius 2 is 1.65 bits per heavy atom. The fraction of sp³-hybridized carbons (Fsp3) is 0. The third-order valence-electron chi connectivity index (χ3n) is 3.34. The maximum Gasteiger partial charge on any atom is 0.107 e. The number of para-hydroxylation sites is 1. The van der Waals surface area contributed by atoms with Crippen molar-refractivity contribution in [3.05, 3.63) is 54.2 Å². The van der Waals surface area contributed by atoms with Crippen LogP contribution in [0.15, 0.2) is 48.7 Å². The fourth-order valence-electron chi connectivity index (χ4n) is 2.40. The zero-order chi connectivity index (χ0) is 13.5. The molecule has 2 aromatic carbocycles. The zero-order valence-electron chi connectivity index (χ0n) is 10.4. The number of pyridine rings is 1. The molecule has 0 amide bonds. The summed E-state index contributed by atoms with van der Waals surface area (Å²) in [5, 5.41) is 10.1. The second kappa shape index (κ2) is 3.97. The molecule has 0 spiro atoms. The van der Waals surface area contributed by atoms with Crippen molar-refractivity contribution >= 4 is 33.0 Å². The van der Waals surface area contributed by atoms with Crippen molar-refractivity contribution in [3.8, 4) is 6.07 Å². The van der Waals surface area contributed by atoms with Gasteiger partial charge in [-0.1, -0.05) is 6.07 Å². The van der Waals surface area contributed by atoms with Crippen LogP contribution in [-0.4, -0.2) is 15.0 Å². The van der Waals surface area contributed by atoms with Crippen molar-refractivity contribution in [2.24, 2.45) is 0 Å². The molecular formula is C16H8N4. The van der Waals surface area contributed by atoms with Crippen molar-refractivity contribution in [1.82, 2.24) is 15.0 Å². The molecule has 4 rings (SSSR count). The second-order valence-corrected chi connectivity index (χ2v) is 4.51. The number of hydrogen-bond donors (Lipinski definition) is 0. The molecule has 2 heterocycles. The number of nitrogens with zero attached hydrogens (tertiary/aromatic N) is 4. The highest BCUT2D eigenvalue weighted by Crippen LogP contribution is 2.24. The molecule has 4 heteroatoms. The molecule has 0 fully saturated rings. The molecule has 4 aromatic rings. The minimum absolute atomic E-state index is 0.540. The first-order valence-corrected chi connectivity index (χ1v) is 6.21. The minimum Gasteiger partial charge on any atom is -0.256 e. The SMILES string of the molecule is N#Cc1cccc2nc3ccc4ncccc4c3nc12. The van der Waals surface area contributed by atoms with Gasteiger partial charge in [-0.25, -0.2) is 9.97 Å². The highest BCUT2D eigenvalue weighted by atomic mass is 14.8. The lowest BCUT2D eigenvalue weighted by Gasteiger charge is -2.04. The summed E-state index contributed by atoms with van der Waals surface area (Å²) in [4.78, 5) is 13.6. The van der Waals surface area contributed by atoms with E-state index in [-0.39, 0.29) is 0 Å². The number of rotatable bonds is 0. The van der Waals surface area contributed by atoms with E-state index in [0.29, 0.717) is 11.1 Å². The molecule has 2 aromatic heterocycles. The van der Waals surface area contributed by atoms with Crippen molar-refractivity contribution in [2.45, 2.75) is 0 Å². The number of hydrogen-bond acceptors (Lipinski definition) is 4. The summed E-state index contributed by atoms with van der Waals surface area (Å²) in [5.74, 6) is 0. The Kier molecular flexibility index (Phi) is 2.15. The van der Waals surface area contributed by atoms with Gasteiger partial charge in [-0.2, -0.15) is 5.26 Å². The molecule has 0 saturated carbocycles. The highest BCUT2D eigenvalue weighted by molar-refractivity contribution is 6.04. The van der Waals surface area contributed by atoms with E-state index in [0.717, 1.165) is 27.5 Å². The predicted molar refractivity (Wildman–Crippen MR) is 77.1 cm³/mol. The lowest BCUT2D eigenvalue weighted by atomic mass is 10.1. The monoisotopic (exact) mass is 256 g/mol. The van der Waals surface area contributed by atoms with Gasteiger partial charge in [0.2, 0.25) is 0 Å². The van der Waals surface area contributed by atoms with Crippen LogP contribution in [-0.2, 0) is 0 Å². The number of benzene rings is 2. The van der Waals surface area contributed by atoms with Crippen LogP contribution in [0.3, 0.4) is 0 Å². The Morgan fingerprint density at radius 3 is 2.55 bits per heavy atom. The molecule has 0 bridgehead atoms. The molecule has 0 saturated heterocycles. The molecular weight excluding hydrogens is 248 g/mol. The maximum absolute atomic E-state index is 9.19. The standard InChI is InChI=1S/C16H8N4/c17-9-10-3-1-5-13-15(10)20-16-11-4-2-8-18-12(11)6-7-14(16)19-13/h1-8H. The Balaban J connectivity index is 2.26. The molecule has 0 unspecified atom stereocenters. The van der Waals surface area contributed by atoms with Crippen LogP contribution in [0, 0.1) is 11.3 Å². The third kappa shape index (κ3) is 1.44. The normalized spacial score (nSPS) is 10.9. The Bertz CT molecular complexity index is 1020. The number of nitriles is 1. The summed E-state index contributed by atoms with van der Waals surface area (Å²) in [5.41, 5.74) is 4.39. The van der Waals surface area contributed by atoms with E-state index < -0.39 is 0 Å². The van der Waals surface area contributed by atoms with Crippen LogP contribution in [0.25, 0.3) is 33.0 Å². The zero-order valence-corrected chi connectivity index (χ0v) is 10.4. The average molecular weight is 256 g/mol. The maximum atomic E-state index is 9.19. The Hall–Kier alpha value is -3.06. The number of aromatic nitrogens is 3. The summed E-state index contributed by atoms with van der Waals surface area (Å²) < 4.78 is 0. The lowest BCUT2D eigenvalue weighted by Crippen LogP contribution is -1.91. The van der Waals surface area contributed by atoms with Gasteiger partial charge in [0.25, 0.3) is 0 Å². The van der Waals surface area contributed by atoms with E-state index >= 15 is 0 Å². The molecule has 0 aliphatic carbocycles. The van der Waals surface area contributed by atoms with Gasteiger partial charge in [0.1, 0.15) is 11.6 Å². The van der Waals surface area contributed by atoms with Crippen LogP contribution in [0.5, 0.6) is 0 Å². The minimum atomic E-state index is 0.540. The van der Waals surface area contributed by atoms with Crippen molar-refractivity contribution < 1.29 is 0 Å². The van der Waals surface area contributed by atoms with E-state index in [1.165, 1.54) is 0 Å². The van der Waals surface area contributed by atoms with Gasteiger partial charge in [0.05, 0.1) is 27.6 Å². The first-order chi connectivity index (χ1) is 9.86. The Morgan fingerprint density at radius 1 is 0.800 bits per heavy atom. The summed E-state index contributed by atoms with van der Waals surface area (Å²) in [7, 11) is 0. The van der Waals surface area contributed by atoms with Gasteiger partial charge in [-0.3, -0.25) is 4.98 Å². The summed E-state index contributed by atoms with van der Waals surface area (Å²) >= 11 is 0. The summed E-state index contributed by atoms with van der Waals surface area (Å²) in [6.07, 6.45) is 1.75. The molecule has 4 nitrogen and oxygen atoms in total. The first-order valence-electron chi connectivity index (χ1n) is 6.21. The smallest absolute Gasteiger partial charge is 0.107 e. The molecule has 0 aliphatic rings. The summed E-state index contributed by atoms with van der Waals surface area (Å²) in [6, 6.07) is 15.3. The van der Waals surface area contributed by atoms with E-state index in [4.69, 9.17) is 0 Å². The molecule has 0 radical (unpaired) electrons. The molecule has 0 N–H and O–H groups in total. The Labute approximate surface area is 114 Å². The van der Waals surface area contributed by atoms with Gasteiger partial charge in [0.15, 0.2) is 0 Å². The van der Waals surface area contributed by atoms with Crippen LogP contribution >= 0.6 is 0 Å². The quantitative estimate of drug-likeness (QED) is 0.358. The van der Waals surface area contributed by atoms with Crippen molar-refractivity contribution in [1.29, 1.82) is 5.26 Å². The first kappa shape index (κ1) is 10.8. The topological polar surface area (TPSA) is 62.5 Å². The molecule has 0 aliphatic heterocycles. The second-order valence-electron chi connectivity index (χ2n) is 4.51. The van der Waals surface area contributed by atoms with Gasteiger partial charge in [-0.05, 0) is 36.4 Å². The van der Waals surface area contributed by atoms with E-state index in [1.807, 2.05) is 36.4 Å². The van der Waals surface area contributed by atoms with Crippen molar-refractivity contribution in [3.63, 3.8) is 0 Å². The van der Waals surface area contributed by atoms with Crippen LogP contribution in [0.4, 0.5) is 0 Å². The van der Waals surface area contributed by atoms with Gasteiger partial charge in [0, 0.05) is 11.6 Å². The van der Waals surface area contributed by atoms with Crippen LogP contribution < -0.4 is 0 Å². The molecule has 20 heavy (non-hydrogen) atoms.